The number of fused-ring (bicyclic) bond motifs is 3. The second-order valence-electron chi connectivity index (χ2n) is 7.48. The van der Waals surface area contributed by atoms with Crippen LogP contribution in [0.3, 0.4) is 0 Å². The quantitative estimate of drug-likeness (QED) is 0.804. The molecule has 126 valence electrons. The SMILES string of the molecule is c1cc2c(ncn3nnc(C4CCC(CN5CCCC5)CC4)c23)[nH]1. The van der Waals surface area contributed by atoms with Crippen LogP contribution in [0, 0.1) is 5.92 Å². The summed E-state index contributed by atoms with van der Waals surface area (Å²) in [4.78, 5) is 10.3. The van der Waals surface area contributed by atoms with Gasteiger partial charge in [-0.1, -0.05) is 5.21 Å². The number of nitrogens with one attached hydrogen (secondary N) is 1. The van der Waals surface area contributed by atoms with E-state index < -0.39 is 0 Å². The van der Waals surface area contributed by atoms with Crippen LogP contribution >= 0.6 is 0 Å². The molecule has 2 aliphatic rings. The van der Waals surface area contributed by atoms with Gasteiger partial charge in [0.05, 0.1) is 5.69 Å². The summed E-state index contributed by atoms with van der Waals surface area (Å²) in [6.45, 7) is 3.93. The van der Waals surface area contributed by atoms with Crippen molar-refractivity contribution in [3.63, 3.8) is 0 Å². The fourth-order valence-electron chi connectivity index (χ4n) is 4.64. The molecule has 0 atom stereocenters. The Hall–Kier alpha value is -1.95. The van der Waals surface area contributed by atoms with Gasteiger partial charge in [-0.2, -0.15) is 0 Å². The predicted octanol–water partition coefficient (Wildman–Crippen LogP) is 2.98. The van der Waals surface area contributed by atoms with Gasteiger partial charge in [0, 0.05) is 24.0 Å². The molecule has 5 rings (SSSR count). The highest BCUT2D eigenvalue weighted by molar-refractivity contribution is 5.92. The first-order chi connectivity index (χ1) is 11.9. The topological polar surface area (TPSA) is 62.1 Å². The highest BCUT2D eigenvalue weighted by Gasteiger charge is 2.28. The molecule has 0 aromatic carbocycles. The third kappa shape index (κ3) is 2.40. The van der Waals surface area contributed by atoms with Crippen LogP contribution in [0.4, 0.5) is 0 Å². The van der Waals surface area contributed by atoms with Crippen molar-refractivity contribution in [2.24, 2.45) is 5.92 Å². The normalized spacial score (nSPS) is 25.8. The standard InChI is InChI=1S/C18H24N6/c1-2-10-23(9-1)11-13-3-5-14(6-4-13)16-17-15-7-8-19-18(15)20-12-24(17)22-21-16/h7-8,12-14,19H,1-6,9-11H2. The van der Waals surface area contributed by atoms with Gasteiger partial charge in [0.2, 0.25) is 0 Å². The minimum absolute atomic E-state index is 0.540. The Morgan fingerprint density at radius 1 is 1.12 bits per heavy atom. The van der Waals surface area contributed by atoms with Crippen molar-refractivity contribution < 1.29 is 0 Å². The third-order valence-corrected chi connectivity index (χ3v) is 5.95. The number of H-pyrrole nitrogens is 1. The Labute approximate surface area is 141 Å². The van der Waals surface area contributed by atoms with Crippen molar-refractivity contribution in [1.29, 1.82) is 0 Å². The fourth-order valence-corrected chi connectivity index (χ4v) is 4.64. The molecule has 0 amide bonds. The van der Waals surface area contributed by atoms with Gasteiger partial charge in [0.15, 0.2) is 0 Å². The summed E-state index contributed by atoms with van der Waals surface area (Å²) >= 11 is 0. The van der Waals surface area contributed by atoms with Gasteiger partial charge in [-0.15, -0.1) is 5.10 Å². The molecule has 4 heterocycles. The molecule has 1 saturated carbocycles. The molecule has 0 spiro atoms. The molecule has 24 heavy (non-hydrogen) atoms. The van der Waals surface area contributed by atoms with E-state index in [1.54, 1.807) is 6.33 Å². The Morgan fingerprint density at radius 3 is 2.79 bits per heavy atom. The minimum atomic E-state index is 0.540. The average Bonchev–Trinajstić information content (AvgIpc) is 3.35. The molecule has 3 aromatic heterocycles. The Morgan fingerprint density at radius 2 is 1.96 bits per heavy atom. The molecule has 3 aromatic rings. The van der Waals surface area contributed by atoms with E-state index in [1.165, 1.54) is 63.9 Å². The molecule has 1 N–H and O–H groups in total. The third-order valence-electron chi connectivity index (χ3n) is 5.95. The maximum atomic E-state index is 4.53. The van der Waals surface area contributed by atoms with Crippen molar-refractivity contribution in [3.05, 3.63) is 24.3 Å². The summed E-state index contributed by atoms with van der Waals surface area (Å²) in [7, 11) is 0. The lowest BCUT2D eigenvalue weighted by molar-refractivity contribution is 0.223. The predicted molar refractivity (Wildman–Crippen MR) is 93.0 cm³/mol. The van der Waals surface area contributed by atoms with E-state index in [-0.39, 0.29) is 0 Å². The largest absolute Gasteiger partial charge is 0.346 e. The van der Waals surface area contributed by atoms with E-state index in [0.717, 1.165) is 22.5 Å². The molecule has 0 bridgehead atoms. The van der Waals surface area contributed by atoms with Gasteiger partial charge >= 0.3 is 0 Å². The van der Waals surface area contributed by atoms with Crippen molar-refractivity contribution in [2.75, 3.05) is 19.6 Å². The van der Waals surface area contributed by atoms with Crippen molar-refractivity contribution in [3.8, 4) is 0 Å². The summed E-state index contributed by atoms with van der Waals surface area (Å²) in [5.41, 5.74) is 3.24. The van der Waals surface area contributed by atoms with Crippen LogP contribution in [-0.2, 0) is 0 Å². The van der Waals surface area contributed by atoms with Gasteiger partial charge in [-0.3, -0.25) is 0 Å². The summed E-state index contributed by atoms with van der Waals surface area (Å²) in [5.74, 6) is 1.41. The maximum Gasteiger partial charge on any atom is 0.141 e. The first-order valence-corrected chi connectivity index (χ1v) is 9.28. The van der Waals surface area contributed by atoms with Gasteiger partial charge in [-0.25, -0.2) is 9.50 Å². The smallest absolute Gasteiger partial charge is 0.141 e. The molecule has 6 heteroatoms. The van der Waals surface area contributed by atoms with Crippen LogP contribution in [0.15, 0.2) is 18.6 Å². The molecule has 1 saturated heterocycles. The molecule has 0 radical (unpaired) electrons. The number of likely N-dealkylation sites (tertiary alicyclic amines) is 1. The van der Waals surface area contributed by atoms with Gasteiger partial charge in [-0.05, 0) is 63.6 Å². The van der Waals surface area contributed by atoms with Crippen LogP contribution in [-0.4, -0.2) is 49.3 Å². The molecule has 0 unspecified atom stereocenters. The van der Waals surface area contributed by atoms with Crippen molar-refractivity contribution in [1.82, 2.24) is 29.7 Å². The molecule has 1 aliphatic carbocycles. The first kappa shape index (κ1) is 14.4. The molecule has 1 aliphatic heterocycles. The van der Waals surface area contributed by atoms with Gasteiger partial charge in [0.25, 0.3) is 0 Å². The Kier molecular flexibility index (Phi) is 3.51. The molecule has 6 nitrogen and oxygen atoms in total. The van der Waals surface area contributed by atoms with E-state index in [9.17, 15) is 0 Å². The van der Waals surface area contributed by atoms with Crippen LogP contribution in [0.5, 0.6) is 0 Å². The maximum absolute atomic E-state index is 4.53. The number of rotatable bonds is 3. The second kappa shape index (κ2) is 5.84. The summed E-state index contributed by atoms with van der Waals surface area (Å²) in [6.07, 6.45) is 11.6. The lowest BCUT2D eigenvalue weighted by Gasteiger charge is -2.30. The van der Waals surface area contributed by atoms with E-state index in [2.05, 4.69) is 31.2 Å². The Balaban J connectivity index is 1.36. The molecular weight excluding hydrogens is 300 g/mol. The van der Waals surface area contributed by atoms with Crippen LogP contribution in [0.1, 0.15) is 50.1 Å². The van der Waals surface area contributed by atoms with Crippen molar-refractivity contribution >= 4 is 16.6 Å². The average molecular weight is 324 g/mol. The van der Waals surface area contributed by atoms with Crippen LogP contribution in [0.25, 0.3) is 16.6 Å². The fraction of sp³-hybridized carbons (Fsp3) is 0.611. The number of aromatic nitrogens is 5. The van der Waals surface area contributed by atoms with E-state index in [1.807, 2.05) is 10.7 Å². The minimum Gasteiger partial charge on any atom is -0.346 e. The monoisotopic (exact) mass is 324 g/mol. The van der Waals surface area contributed by atoms with E-state index in [0.29, 0.717) is 5.92 Å². The lowest BCUT2D eigenvalue weighted by Crippen LogP contribution is -2.29. The van der Waals surface area contributed by atoms with Crippen LogP contribution in [0.2, 0.25) is 0 Å². The number of hydrogen-bond donors (Lipinski definition) is 1. The van der Waals surface area contributed by atoms with Gasteiger partial charge < -0.3 is 9.88 Å². The summed E-state index contributed by atoms with van der Waals surface area (Å²) in [6, 6.07) is 2.09. The van der Waals surface area contributed by atoms with Gasteiger partial charge in [0.1, 0.15) is 17.5 Å². The summed E-state index contributed by atoms with van der Waals surface area (Å²) in [5, 5.41) is 9.97. The van der Waals surface area contributed by atoms with E-state index in [4.69, 9.17) is 0 Å². The highest BCUT2D eigenvalue weighted by Crippen LogP contribution is 2.38. The molecular formula is C18H24N6. The highest BCUT2D eigenvalue weighted by atomic mass is 15.4. The zero-order valence-electron chi connectivity index (χ0n) is 14.0. The summed E-state index contributed by atoms with van der Waals surface area (Å²) < 4.78 is 1.84. The first-order valence-electron chi connectivity index (χ1n) is 9.28. The number of hydrogen-bond acceptors (Lipinski definition) is 4. The zero-order valence-corrected chi connectivity index (χ0v) is 14.0. The second-order valence-corrected chi connectivity index (χ2v) is 7.48. The van der Waals surface area contributed by atoms with Crippen LogP contribution < -0.4 is 0 Å². The molecule has 2 fully saturated rings. The lowest BCUT2D eigenvalue weighted by atomic mass is 9.80. The Bertz CT molecular complexity index is 836. The number of aromatic amines is 1. The van der Waals surface area contributed by atoms with Crippen molar-refractivity contribution in [2.45, 2.75) is 44.4 Å². The number of nitrogens with zero attached hydrogens (tertiary/aromatic N) is 5. The zero-order chi connectivity index (χ0) is 15.9. The van der Waals surface area contributed by atoms with E-state index >= 15 is 0 Å².